The Balaban J connectivity index is 2.50. The number of rotatable bonds is 2. The minimum Gasteiger partial charge on any atom is -0.384 e. The number of nitrogen functional groups attached to an aromatic ring is 1. The molecule has 3 nitrogen and oxygen atoms in total. The van der Waals surface area contributed by atoms with Crippen LogP contribution < -0.4 is 5.73 Å². The number of hydrogen-bond donors (Lipinski definition) is 1. The van der Waals surface area contributed by atoms with Crippen molar-refractivity contribution in [2.45, 2.75) is 13.5 Å². The van der Waals surface area contributed by atoms with Crippen LogP contribution in [0.2, 0.25) is 5.02 Å². The fourth-order valence-electron chi connectivity index (χ4n) is 1.49. The maximum Gasteiger partial charge on any atom is 0.122 e. The Morgan fingerprint density at radius 2 is 2.13 bits per heavy atom. The third-order valence-electron chi connectivity index (χ3n) is 2.26. The molecular weight excluding hydrogens is 210 g/mol. The zero-order valence-electron chi connectivity index (χ0n) is 8.44. The fourth-order valence-corrected chi connectivity index (χ4v) is 1.72. The van der Waals surface area contributed by atoms with E-state index >= 15 is 0 Å². The Morgan fingerprint density at radius 3 is 2.73 bits per heavy atom. The predicted octanol–water partition coefficient (Wildman–Crippen LogP) is 2.81. The number of anilines is 1. The second-order valence-corrected chi connectivity index (χ2v) is 3.66. The van der Waals surface area contributed by atoms with Crippen molar-refractivity contribution in [2.75, 3.05) is 5.73 Å². The Kier molecular flexibility index (Phi) is 2.64. The molecule has 0 spiro atoms. The molecular formula is C11H12ClN3. The van der Waals surface area contributed by atoms with E-state index in [-0.39, 0.29) is 0 Å². The molecule has 0 fully saturated rings. The number of nitrogens with zero attached hydrogens (tertiary/aromatic N) is 2. The molecule has 0 saturated carbocycles. The molecule has 0 amide bonds. The van der Waals surface area contributed by atoms with Crippen LogP contribution in [-0.2, 0) is 6.54 Å². The lowest BCUT2D eigenvalue weighted by Gasteiger charge is -1.99. The predicted molar refractivity (Wildman–Crippen MR) is 62.8 cm³/mol. The molecule has 15 heavy (non-hydrogen) atoms. The first-order valence-electron chi connectivity index (χ1n) is 4.80. The monoisotopic (exact) mass is 221 g/mol. The van der Waals surface area contributed by atoms with E-state index in [2.05, 4.69) is 5.10 Å². The van der Waals surface area contributed by atoms with Crippen LogP contribution in [0, 0.1) is 0 Å². The molecule has 0 aliphatic carbocycles. The molecule has 0 aliphatic heterocycles. The van der Waals surface area contributed by atoms with E-state index in [1.807, 2.05) is 37.3 Å². The molecule has 4 heteroatoms. The van der Waals surface area contributed by atoms with Gasteiger partial charge in [0.05, 0.1) is 10.7 Å². The fraction of sp³-hybridized carbons (Fsp3) is 0.182. The molecule has 1 aromatic heterocycles. The van der Waals surface area contributed by atoms with Crippen LogP contribution in [0.1, 0.15) is 6.92 Å². The third kappa shape index (κ3) is 1.83. The largest absolute Gasteiger partial charge is 0.384 e. The van der Waals surface area contributed by atoms with Gasteiger partial charge in [0.1, 0.15) is 5.82 Å². The summed E-state index contributed by atoms with van der Waals surface area (Å²) in [6, 6.07) is 9.45. The van der Waals surface area contributed by atoms with Gasteiger partial charge in [0.2, 0.25) is 0 Å². The lowest BCUT2D eigenvalue weighted by molar-refractivity contribution is 0.672. The van der Waals surface area contributed by atoms with Gasteiger partial charge in [-0.1, -0.05) is 29.8 Å². The summed E-state index contributed by atoms with van der Waals surface area (Å²) < 4.78 is 1.75. The highest BCUT2D eigenvalue weighted by molar-refractivity contribution is 6.33. The van der Waals surface area contributed by atoms with Crippen LogP contribution in [0.4, 0.5) is 5.82 Å². The van der Waals surface area contributed by atoms with Crippen LogP contribution in [0.5, 0.6) is 0 Å². The Hall–Kier alpha value is -1.48. The minimum atomic E-state index is 0.660. The molecule has 0 saturated heterocycles. The van der Waals surface area contributed by atoms with Gasteiger partial charge < -0.3 is 5.73 Å². The van der Waals surface area contributed by atoms with Crippen molar-refractivity contribution < 1.29 is 0 Å². The number of aromatic nitrogens is 2. The van der Waals surface area contributed by atoms with Crippen LogP contribution >= 0.6 is 11.6 Å². The van der Waals surface area contributed by atoms with Crippen molar-refractivity contribution in [1.82, 2.24) is 9.78 Å². The van der Waals surface area contributed by atoms with Gasteiger partial charge in [0.25, 0.3) is 0 Å². The van der Waals surface area contributed by atoms with Gasteiger partial charge in [-0.25, -0.2) is 4.68 Å². The van der Waals surface area contributed by atoms with Crippen molar-refractivity contribution in [2.24, 2.45) is 0 Å². The highest BCUT2D eigenvalue weighted by Gasteiger charge is 2.08. The van der Waals surface area contributed by atoms with Crippen molar-refractivity contribution in [3.63, 3.8) is 0 Å². The average Bonchev–Trinajstić information content (AvgIpc) is 2.60. The highest BCUT2D eigenvalue weighted by atomic mass is 35.5. The summed E-state index contributed by atoms with van der Waals surface area (Å²) >= 11 is 6.07. The van der Waals surface area contributed by atoms with Crippen molar-refractivity contribution >= 4 is 17.4 Å². The molecule has 2 rings (SSSR count). The number of aryl methyl sites for hydroxylation is 1. The molecule has 2 N–H and O–H groups in total. The summed E-state index contributed by atoms with van der Waals surface area (Å²) in [5.41, 5.74) is 7.53. The molecule has 78 valence electrons. The Bertz CT molecular complexity index is 476. The lowest BCUT2D eigenvalue weighted by atomic mass is 10.1. The maximum atomic E-state index is 6.07. The summed E-state index contributed by atoms with van der Waals surface area (Å²) in [7, 11) is 0. The summed E-state index contributed by atoms with van der Waals surface area (Å²) in [5.74, 6) is 0.660. The number of nitrogens with two attached hydrogens (primary N) is 1. The number of benzene rings is 1. The second kappa shape index (κ2) is 3.95. The molecule has 0 aliphatic rings. The molecule has 0 bridgehead atoms. The van der Waals surface area contributed by atoms with Gasteiger partial charge in [0, 0.05) is 18.2 Å². The normalized spacial score (nSPS) is 10.5. The molecule has 1 heterocycles. The standard InChI is InChI=1S/C11H12ClN3/c1-2-15-11(13)7-10(14-15)8-5-3-4-6-9(8)12/h3-7H,2,13H2,1H3. The average molecular weight is 222 g/mol. The first kappa shape index (κ1) is 10.1. The van der Waals surface area contributed by atoms with E-state index in [1.165, 1.54) is 0 Å². The third-order valence-corrected chi connectivity index (χ3v) is 2.59. The van der Waals surface area contributed by atoms with Gasteiger partial charge in [-0.2, -0.15) is 5.10 Å². The van der Waals surface area contributed by atoms with E-state index in [0.29, 0.717) is 10.8 Å². The number of hydrogen-bond acceptors (Lipinski definition) is 2. The van der Waals surface area contributed by atoms with Crippen molar-refractivity contribution in [3.05, 3.63) is 35.4 Å². The van der Waals surface area contributed by atoms with E-state index in [4.69, 9.17) is 17.3 Å². The van der Waals surface area contributed by atoms with Crippen LogP contribution in [0.25, 0.3) is 11.3 Å². The number of halogens is 1. The topological polar surface area (TPSA) is 43.8 Å². The van der Waals surface area contributed by atoms with E-state index < -0.39 is 0 Å². The molecule has 0 radical (unpaired) electrons. The molecule has 1 aromatic carbocycles. The molecule has 2 aromatic rings. The molecule has 0 atom stereocenters. The quantitative estimate of drug-likeness (QED) is 0.848. The first-order chi connectivity index (χ1) is 7.22. The summed E-state index contributed by atoms with van der Waals surface area (Å²) in [6.07, 6.45) is 0. The minimum absolute atomic E-state index is 0.660. The van der Waals surface area contributed by atoms with E-state index in [9.17, 15) is 0 Å². The first-order valence-corrected chi connectivity index (χ1v) is 5.18. The van der Waals surface area contributed by atoms with Gasteiger partial charge in [-0.05, 0) is 13.0 Å². The summed E-state index contributed by atoms with van der Waals surface area (Å²) in [5, 5.41) is 5.06. The second-order valence-electron chi connectivity index (χ2n) is 3.25. The van der Waals surface area contributed by atoms with Crippen LogP contribution in [0.3, 0.4) is 0 Å². The zero-order chi connectivity index (χ0) is 10.8. The van der Waals surface area contributed by atoms with Crippen LogP contribution in [-0.4, -0.2) is 9.78 Å². The Morgan fingerprint density at radius 1 is 1.40 bits per heavy atom. The van der Waals surface area contributed by atoms with Gasteiger partial charge in [0.15, 0.2) is 0 Å². The van der Waals surface area contributed by atoms with Crippen LogP contribution in [0.15, 0.2) is 30.3 Å². The SMILES string of the molecule is CCn1nc(-c2ccccc2Cl)cc1N. The highest BCUT2D eigenvalue weighted by Crippen LogP contribution is 2.27. The van der Waals surface area contributed by atoms with E-state index in [0.717, 1.165) is 17.8 Å². The molecule has 0 unspecified atom stereocenters. The maximum absolute atomic E-state index is 6.07. The van der Waals surface area contributed by atoms with Crippen molar-refractivity contribution in [1.29, 1.82) is 0 Å². The van der Waals surface area contributed by atoms with Gasteiger partial charge in [-0.15, -0.1) is 0 Å². The van der Waals surface area contributed by atoms with E-state index in [1.54, 1.807) is 4.68 Å². The summed E-state index contributed by atoms with van der Waals surface area (Å²) in [6.45, 7) is 2.76. The summed E-state index contributed by atoms with van der Waals surface area (Å²) in [4.78, 5) is 0. The Labute approximate surface area is 93.5 Å². The van der Waals surface area contributed by atoms with Gasteiger partial charge >= 0.3 is 0 Å². The zero-order valence-corrected chi connectivity index (χ0v) is 9.20. The van der Waals surface area contributed by atoms with Gasteiger partial charge in [-0.3, -0.25) is 0 Å². The van der Waals surface area contributed by atoms with Crippen molar-refractivity contribution in [3.8, 4) is 11.3 Å². The smallest absolute Gasteiger partial charge is 0.122 e. The lowest BCUT2D eigenvalue weighted by Crippen LogP contribution is -2.01.